The molecule has 0 aliphatic heterocycles. The van der Waals surface area contributed by atoms with E-state index in [-0.39, 0.29) is 10.3 Å². The van der Waals surface area contributed by atoms with Crippen LogP contribution in [-0.2, 0) is 15.4 Å². The van der Waals surface area contributed by atoms with Crippen LogP contribution < -0.4 is 10.5 Å². The minimum atomic E-state index is -3.79. The Kier molecular flexibility index (Phi) is 3.76. The molecule has 1 aromatic heterocycles. The molecule has 0 unspecified atom stereocenters. The van der Waals surface area contributed by atoms with Gasteiger partial charge in [0.2, 0.25) is 0 Å². The fourth-order valence-corrected chi connectivity index (χ4v) is 3.63. The van der Waals surface area contributed by atoms with Crippen molar-refractivity contribution in [2.75, 3.05) is 4.72 Å². The molecule has 0 amide bonds. The second kappa shape index (κ2) is 5.52. The molecule has 0 spiro atoms. The predicted octanol–water partition coefficient (Wildman–Crippen LogP) is 3.22. The van der Waals surface area contributed by atoms with Crippen LogP contribution in [0.25, 0.3) is 11.1 Å². The van der Waals surface area contributed by atoms with E-state index in [1.165, 1.54) is 18.2 Å². The second-order valence-electron chi connectivity index (χ2n) is 6.57. The lowest BCUT2D eigenvalue weighted by atomic mass is 9.86. The summed E-state index contributed by atoms with van der Waals surface area (Å²) in [6.07, 6.45) is 0. The lowest BCUT2D eigenvalue weighted by molar-refractivity contribution is 0.555. The molecule has 2 N–H and O–H groups in total. The molecule has 24 heavy (non-hydrogen) atoms. The Balaban J connectivity index is 2.03. The predicted molar refractivity (Wildman–Crippen MR) is 92.8 cm³/mol. The molecule has 0 saturated carbocycles. The molecule has 126 valence electrons. The van der Waals surface area contributed by atoms with Crippen molar-refractivity contribution in [2.45, 2.75) is 31.1 Å². The third-order valence-electron chi connectivity index (χ3n) is 3.68. The second-order valence-corrected chi connectivity index (χ2v) is 8.26. The Labute approximate surface area is 139 Å². The van der Waals surface area contributed by atoms with Crippen molar-refractivity contribution in [2.24, 2.45) is 0 Å². The highest BCUT2D eigenvalue weighted by Gasteiger charge is 2.22. The van der Waals surface area contributed by atoms with Crippen molar-refractivity contribution < 1.29 is 12.8 Å². The first-order chi connectivity index (χ1) is 11.2. The lowest BCUT2D eigenvalue weighted by Crippen LogP contribution is -2.19. The average molecular weight is 346 g/mol. The zero-order valence-electron chi connectivity index (χ0n) is 13.6. The molecule has 0 aliphatic carbocycles. The summed E-state index contributed by atoms with van der Waals surface area (Å²) < 4.78 is 32.9. The van der Waals surface area contributed by atoms with Gasteiger partial charge in [0.15, 0.2) is 5.58 Å². The molecule has 6 nitrogen and oxygen atoms in total. The number of hydrogen-bond donors (Lipinski definition) is 2. The number of H-pyrrole nitrogens is 1. The van der Waals surface area contributed by atoms with Crippen LogP contribution in [0.4, 0.5) is 5.69 Å². The number of anilines is 1. The normalized spacial score (nSPS) is 12.5. The van der Waals surface area contributed by atoms with Gasteiger partial charge in [0.1, 0.15) is 0 Å². The Hall–Kier alpha value is -2.54. The highest BCUT2D eigenvalue weighted by Crippen LogP contribution is 2.31. The van der Waals surface area contributed by atoms with E-state index < -0.39 is 15.8 Å². The minimum Gasteiger partial charge on any atom is -0.408 e. The summed E-state index contributed by atoms with van der Waals surface area (Å²) in [5.41, 5.74) is 1.87. The van der Waals surface area contributed by atoms with E-state index in [1.54, 1.807) is 12.1 Å². The van der Waals surface area contributed by atoms with Crippen molar-refractivity contribution in [3.05, 3.63) is 58.6 Å². The van der Waals surface area contributed by atoms with Crippen LogP contribution in [0.15, 0.2) is 56.6 Å². The number of benzene rings is 2. The molecule has 3 rings (SSSR count). The van der Waals surface area contributed by atoms with E-state index in [1.807, 2.05) is 32.9 Å². The summed E-state index contributed by atoms with van der Waals surface area (Å²) in [7, 11) is -3.79. The molecule has 0 bridgehead atoms. The van der Waals surface area contributed by atoms with Gasteiger partial charge < -0.3 is 4.42 Å². The van der Waals surface area contributed by atoms with Crippen LogP contribution in [-0.4, -0.2) is 13.4 Å². The van der Waals surface area contributed by atoms with E-state index in [0.29, 0.717) is 16.8 Å². The number of hydrogen-bond acceptors (Lipinski definition) is 4. The van der Waals surface area contributed by atoms with Crippen molar-refractivity contribution in [3.8, 4) is 0 Å². The standard InChI is InChI=1S/C17H18N2O4S/c1-17(2,3)12-6-4-5-7-13(12)19-24(21,22)11-8-9-15-14(10-11)18-16(20)23-15/h4-10,19H,1-3H3,(H,18,20). The summed E-state index contributed by atoms with van der Waals surface area (Å²) in [5, 5.41) is 0. The Morgan fingerprint density at radius 1 is 1.08 bits per heavy atom. The highest BCUT2D eigenvalue weighted by molar-refractivity contribution is 7.92. The van der Waals surface area contributed by atoms with Crippen LogP contribution >= 0.6 is 0 Å². The van der Waals surface area contributed by atoms with Crippen LogP contribution in [0, 0.1) is 0 Å². The summed E-state index contributed by atoms with van der Waals surface area (Å²) in [4.78, 5) is 13.7. The molecule has 1 heterocycles. The van der Waals surface area contributed by atoms with Gasteiger partial charge >= 0.3 is 5.76 Å². The summed E-state index contributed by atoms with van der Waals surface area (Å²) >= 11 is 0. The average Bonchev–Trinajstić information content (AvgIpc) is 2.85. The van der Waals surface area contributed by atoms with E-state index in [9.17, 15) is 13.2 Å². The first-order valence-corrected chi connectivity index (χ1v) is 8.90. The maximum absolute atomic E-state index is 12.7. The van der Waals surface area contributed by atoms with Gasteiger partial charge in [0, 0.05) is 0 Å². The molecule has 0 atom stereocenters. The topological polar surface area (TPSA) is 92.2 Å². The number of oxazole rings is 1. The van der Waals surface area contributed by atoms with Gasteiger partial charge in [0.05, 0.1) is 16.1 Å². The van der Waals surface area contributed by atoms with Gasteiger partial charge in [-0.2, -0.15) is 0 Å². The molecular weight excluding hydrogens is 328 g/mol. The zero-order valence-corrected chi connectivity index (χ0v) is 14.4. The van der Waals surface area contributed by atoms with E-state index in [2.05, 4.69) is 9.71 Å². The van der Waals surface area contributed by atoms with Crippen LogP contribution in [0.5, 0.6) is 0 Å². The number of nitrogens with one attached hydrogen (secondary N) is 2. The monoisotopic (exact) mass is 346 g/mol. The molecule has 0 aliphatic rings. The third-order valence-corrected chi connectivity index (χ3v) is 5.04. The maximum Gasteiger partial charge on any atom is 0.417 e. The Morgan fingerprint density at radius 3 is 2.50 bits per heavy atom. The van der Waals surface area contributed by atoms with Crippen LogP contribution in [0.1, 0.15) is 26.3 Å². The van der Waals surface area contributed by atoms with E-state index in [0.717, 1.165) is 5.56 Å². The summed E-state index contributed by atoms with van der Waals surface area (Å²) in [5.74, 6) is -0.620. The van der Waals surface area contributed by atoms with E-state index in [4.69, 9.17) is 4.42 Å². The molecule has 3 aromatic rings. The van der Waals surface area contributed by atoms with Crippen LogP contribution in [0.2, 0.25) is 0 Å². The van der Waals surface area contributed by atoms with E-state index >= 15 is 0 Å². The molecule has 2 aromatic carbocycles. The molecule has 0 radical (unpaired) electrons. The van der Waals surface area contributed by atoms with Gasteiger partial charge in [-0.25, -0.2) is 13.2 Å². The molecule has 0 fully saturated rings. The maximum atomic E-state index is 12.7. The molecular formula is C17H18N2O4S. The quantitative estimate of drug-likeness (QED) is 0.761. The minimum absolute atomic E-state index is 0.0516. The van der Waals surface area contributed by atoms with Gasteiger partial charge in [-0.1, -0.05) is 39.0 Å². The molecule has 7 heteroatoms. The SMILES string of the molecule is CC(C)(C)c1ccccc1NS(=O)(=O)c1ccc2oc(=O)[nH]c2c1. The largest absolute Gasteiger partial charge is 0.417 e. The van der Waals surface area contributed by atoms with Crippen molar-refractivity contribution in [3.63, 3.8) is 0 Å². The smallest absolute Gasteiger partial charge is 0.408 e. The van der Waals surface area contributed by atoms with Crippen molar-refractivity contribution in [1.29, 1.82) is 0 Å². The van der Waals surface area contributed by atoms with Gasteiger partial charge in [-0.15, -0.1) is 0 Å². The number of aromatic amines is 1. The number of rotatable bonds is 3. The van der Waals surface area contributed by atoms with Gasteiger partial charge in [0.25, 0.3) is 10.0 Å². The summed E-state index contributed by atoms with van der Waals surface area (Å²) in [6, 6.07) is 11.5. The van der Waals surface area contributed by atoms with Gasteiger partial charge in [-0.05, 0) is 35.2 Å². The first-order valence-electron chi connectivity index (χ1n) is 7.42. The van der Waals surface area contributed by atoms with Gasteiger partial charge in [-0.3, -0.25) is 9.71 Å². The van der Waals surface area contributed by atoms with Crippen molar-refractivity contribution >= 4 is 26.8 Å². The van der Waals surface area contributed by atoms with Crippen LogP contribution in [0.3, 0.4) is 0 Å². The highest BCUT2D eigenvalue weighted by atomic mass is 32.2. The number of sulfonamides is 1. The fourth-order valence-electron chi connectivity index (χ4n) is 2.53. The zero-order chi connectivity index (χ0) is 17.5. The lowest BCUT2D eigenvalue weighted by Gasteiger charge is -2.23. The first kappa shape index (κ1) is 16.3. The summed E-state index contributed by atoms with van der Waals surface area (Å²) in [6.45, 7) is 6.05. The third kappa shape index (κ3) is 3.07. The Bertz CT molecular complexity index is 1060. The Morgan fingerprint density at radius 2 is 1.79 bits per heavy atom. The number of fused-ring (bicyclic) bond motifs is 1. The molecule has 0 saturated heterocycles. The number of para-hydroxylation sites is 1. The fraction of sp³-hybridized carbons (Fsp3) is 0.235. The number of aromatic nitrogens is 1. The van der Waals surface area contributed by atoms with Crippen molar-refractivity contribution in [1.82, 2.24) is 4.98 Å².